The van der Waals surface area contributed by atoms with Gasteiger partial charge in [-0.25, -0.2) is 6.07 Å². The summed E-state index contributed by atoms with van der Waals surface area (Å²) < 4.78 is 0. The molecule has 0 heterocycles. The first-order chi connectivity index (χ1) is 13.5. The van der Waals surface area contributed by atoms with E-state index in [0.29, 0.717) is 0 Å². The molecule has 0 saturated carbocycles. The van der Waals surface area contributed by atoms with E-state index < -0.39 is 0 Å². The molecule has 0 nitrogen and oxygen atoms in total. The van der Waals surface area contributed by atoms with Crippen molar-refractivity contribution in [1.82, 2.24) is 0 Å². The van der Waals surface area contributed by atoms with E-state index in [1.54, 1.807) is 0 Å². The fourth-order valence-corrected chi connectivity index (χ4v) is 4.38. The standard InChI is InChI=1S/C28H27.3ClH.Ti/c1-19-12-20(2)15-26(14-19)28(27-16-21(3)13-22(4)17-27)25-11-10-24(18-25)23-8-6-5-7-9-23;;;;/h5-18,28H,1-4H3;3*1H;/q-1;;;;+4/p-3. The fourth-order valence-electron chi connectivity index (χ4n) is 4.38. The molecule has 0 N–H and O–H groups in total. The van der Waals surface area contributed by atoms with Crippen LogP contribution in [-0.4, -0.2) is 0 Å². The van der Waals surface area contributed by atoms with Crippen molar-refractivity contribution in [3.63, 3.8) is 0 Å². The topological polar surface area (TPSA) is 0 Å². The number of rotatable bonds is 4. The molecule has 0 fully saturated rings. The van der Waals surface area contributed by atoms with E-state index in [2.05, 4.69) is 113 Å². The Morgan fingerprint density at radius 2 is 1.00 bits per heavy atom. The Labute approximate surface area is 226 Å². The first-order valence-corrected chi connectivity index (χ1v) is 9.98. The normalized spacial score (nSPS) is 9.78. The summed E-state index contributed by atoms with van der Waals surface area (Å²) in [6.45, 7) is 8.76. The monoisotopic (exact) mass is 516 g/mol. The molecule has 4 aromatic rings. The average Bonchev–Trinajstić information content (AvgIpc) is 3.11. The largest absolute Gasteiger partial charge is 4.00 e. The number of hydrogen-bond acceptors (Lipinski definition) is 0. The van der Waals surface area contributed by atoms with Crippen LogP contribution in [0.2, 0.25) is 0 Å². The minimum absolute atomic E-state index is 0. The van der Waals surface area contributed by atoms with Crippen LogP contribution in [0.25, 0.3) is 11.1 Å². The van der Waals surface area contributed by atoms with E-state index in [9.17, 15) is 0 Å². The fraction of sp³-hybridized carbons (Fsp3) is 0.179. The molecule has 0 aliphatic carbocycles. The molecule has 4 aromatic carbocycles. The van der Waals surface area contributed by atoms with Gasteiger partial charge in [-0.15, -0.1) is 5.56 Å². The Bertz CT molecular complexity index is 1020. The van der Waals surface area contributed by atoms with Crippen molar-refractivity contribution >= 4 is 0 Å². The van der Waals surface area contributed by atoms with E-state index in [-0.39, 0.29) is 64.9 Å². The van der Waals surface area contributed by atoms with Crippen LogP contribution in [0.15, 0.2) is 84.9 Å². The zero-order chi connectivity index (χ0) is 19.7. The third-order valence-electron chi connectivity index (χ3n) is 5.37. The SMILES string of the molecule is Cc1cc(C)cc(C(c2cc(C)cc(C)c2)[c-]2ccc(-c3ccccc3)c2)c1.[Cl-].[Cl-].[Cl-].[Ti+4]. The van der Waals surface area contributed by atoms with Crippen molar-refractivity contribution in [3.8, 4) is 11.1 Å². The zero-order valence-corrected chi connectivity index (χ0v) is 22.6. The van der Waals surface area contributed by atoms with Crippen molar-refractivity contribution in [2.45, 2.75) is 33.6 Å². The Hall–Kier alpha value is -1.41. The average molecular weight is 518 g/mol. The Kier molecular flexibility index (Phi) is 12.8. The third-order valence-corrected chi connectivity index (χ3v) is 5.37. The van der Waals surface area contributed by atoms with Crippen LogP contribution < -0.4 is 37.2 Å². The van der Waals surface area contributed by atoms with E-state index in [1.165, 1.54) is 50.1 Å². The van der Waals surface area contributed by atoms with Gasteiger partial charge in [-0.1, -0.05) is 94.5 Å². The number of benzene rings is 3. The molecule has 0 radical (unpaired) electrons. The van der Waals surface area contributed by atoms with Gasteiger partial charge in [0.1, 0.15) is 0 Å². The molecule has 4 heteroatoms. The van der Waals surface area contributed by atoms with Gasteiger partial charge in [0.15, 0.2) is 0 Å². The molecule has 0 aromatic heterocycles. The molecule has 164 valence electrons. The summed E-state index contributed by atoms with van der Waals surface area (Å²) in [4.78, 5) is 0. The Morgan fingerprint density at radius 1 is 0.562 bits per heavy atom. The Balaban J connectivity index is 0.00000240. The van der Waals surface area contributed by atoms with Crippen molar-refractivity contribution < 1.29 is 58.9 Å². The van der Waals surface area contributed by atoms with Gasteiger partial charge in [-0.3, -0.25) is 0 Å². The molecular weight excluding hydrogens is 491 g/mol. The number of hydrogen-bond donors (Lipinski definition) is 0. The quantitative estimate of drug-likeness (QED) is 0.228. The van der Waals surface area contributed by atoms with Crippen LogP contribution in [0.4, 0.5) is 0 Å². The molecule has 0 bridgehead atoms. The van der Waals surface area contributed by atoms with Crippen LogP contribution in [0.1, 0.15) is 44.9 Å². The minimum Gasteiger partial charge on any atom is -1.00 e. The van der Waals surface area contributed by atoms with Crippen molar-refractivity contribution in [1.29, 1.82) is 0 Å². The van der Waals surface area contributed by atoms with Gasteiger partial charge in [0.05, 0.1) is 0 Å². The first kappa shape index (κ1) is 30.6. The molecule has 32 heavy (non-hydrogen) atoms. The minimum atomic E-state index is 0. The summed E-state index contributed by atoms with van der Waals surface area (Å²) in [5.74, 6) is 0.245. The summed E-state index contributed by atoms with van der Waals surface area (Å²) in [6.07, 6.45) is 0. The molecule has 0 unspecified atom stereocenters. The van der Waals surface area contributed by atoms with Gasteiger partial charge in [-0.05, 0) is 44.7 Å². The summed E-state index contributed by atoms with van der Waals surface area (Å²) >= 11 is 0. The maximum Gasteiger partial charge on any atom is 4.00 e. The second kappa shape index (κ2) is 13.3. The summed E-state index contributed by atoms with van der Waals surface area (Å²) in [5, 5.41) is 0. The number of halogens is 3. The van der Waals surface area contributed by atoms with Crippen LogP contribution in [0, 0.1) is 27.7 Å². The van der Waals surface area contributed by atoms with Crippen LogP contribution in [-0.2, 0) is 21.7 Å². The molecule has 4 rings (SSSR count). The van der Waals surface area contributed by atoms with E-state index in [4.69, 9.17) is 0 Å². The smallest absolute Gasteiger partial charge is 1.00 e. The van der Waals surface area contributed by atoms with Crippen LogP contribution in [0.3, 0.4) is 0 Å². The predicted octanol–water partition coefficient (Wildman–Crippen LogP) is -1.50. The molecule has 0 saturated heterocycles. The van der Waals surface area contributed by atoms with E-state index in [0.717, 1.165) is 0 Å². The number of aryl methyl sites for hydroxylation is 4. The third kappa shape index (κ3) is 7.04. The molecule has 0 amide bonds. The van der Waals surface area contributed by atoms with Gasteiger partial charge >= 0.3 is 21.7 Å². The zero-order valence-electron chi connectivity index (χ0n) is 18.8. The molecule has 0 spiro atoms. The summed E-state index contributed by atoms with van der Waals surface area (Å²) in [7, 11) is 0. The second-order valence-corrected chi connectivity index (χ2v) is 8.07. The van der Waals surface area contributed by atoms with Gasteiger partial charge < -0.3 is 37.2 Å². The maximum absolute atomic E-state index is 2.36. The van der Waals surface area contributed by atoms with Gasteiger partial charge in [0.2, 0.25) is 0 Å². The maximum atomic E-state index is 2.36. The van der Waals surface area contributed by atoms with E-state index >= 15 is 0 Å². The molecule has 0 aliphatic heterocycles. The molecule has 0 aliphatic rings. The molecular formula is C28H27Cl3Ti. The Morgan fingerprint density at radius 3 is 1.44 bits per heavy atom. The summed E-state index contributed by atoms with van der Waals surface area (Å²) in [5.41, 5.74) is 11.9. The van der Waals surface area contributed by atoms with Crippen molar-refractivity contribution in [3.05, 3.63) is 124 Å². The van der Waals surface area contributed by atoms with E-state index in [1.807, 2.05) is 0 Å². The first-order valence-electron chi connectivity index (χ1n) is 9.98. The van der Waals surface area contributed by atoms with Crippen LogP contribution in [0.5, 0.6) is 0 Å². The molecule has 0 atom stereocenters. The van der Waals surface area contributed by atoms with Crippen molar-refractivity contribution in [2.75, 3.05) is 0 Å². The van der Waals surface area contributed by atoms with Crippen molar-refractivity contribution in [2.24, 2.45) is 0 Å². The predicted molar refractivity (Wildman–Crippen MR) is 120 cm³/mol. The van der Waals surface area contributed by atoms with Crippen LogP contribution >= 0.6 is 0 Å². The van der Waals surface area contributed by atoms with Gasteiger partial charge in [0.25, 0.3) is 0 Å². The van der Waals surface area contributed by atoms with Gasteiger partial charge in [0, 0.05) is 0 Å². The summed E-state index contributed by atoms with van der Waals surface area (Å²) in [6, 6.07) is 31.4. The second-order valence-electron chi connectivity index (χ2n) is 8.07. The van der Waals surface area contributed by atoms with Gasteiger partial charge in [-0.2, -0.15) is 17.7 Å².